The lowest BCUT2D eigenvalue weighted by Gasteiger charge is -2.13. The van der Waals surface area contributed by atoms with Crippen molar-refractivity contribution < 1.29 is 8.42 Å². The molecule has 0 heterocycles. The van der Waals surface area contributed by atoms with Crippen molar-refractivity contribution in [2.24, 2.45) is 4.99 Å². The first kappa shape index (κ1) is 24.9. The Kier molecular flexibility index (Phi) is 9.51. The second kappa shape index (κ2) is 11.9. The van der Waals surface area contributed by atoms with Crippen LogP contribution in [0.25, 0.3) is 0 Å². The van der Waals surface area contributed by atoms with Crippen molar-refractivity contribution in [3.05, 3.63) is 95.6 Å². The lowest BCUT2D eigenvalue weighted by molar-refractivity contribution is 0.602. The summed E-state index contributed by atoms with van der Waals surface area (Å²) in [7, 11) is -3.17. The summed E-state index contributed by atoms with van der Waals surface area (Å²) in [5.41, 5.74) is 4.40. The van der Waals surface area contributed by atoms with Gasteiger partial charge in [0.25, 0.3) is 0 Å². The predicted molar refractivity (Wildman–Crippen MR) is 139 cm³/mol. The first-order chi connectivity index (χ1) is 14.4. The number of aryl methyl sites for hydroxylation is 1. The number of para-hydroxylation sites is 1. The summed E-state index contributed by atoms with van der Waals surface area (Å²) in [6, 6.07) is 25.3. The normalized spacial score (nSPS) is 11.5. The van der Waals surface area contributed by atoms with Crippen molar-refractivity contribution in [2.45, 2.75) is 24.8 Å². The third-order valence-corrected chi connectivity index (χ3v) is 5.76. The number of halogens is 1. The zero-order valence-electron chi connectivity index (χ0n) is 17.7. The quantitative estimate of drug-likeness (QED) is 0.252. The number of hydrogen-bond acceptors (Lipinski definition) is 3. The fourth-order valence-electron chi connectivity index (χ4n) is 2.89. The Balaban J connectivity index is 0.00000341. The first-order valence-electron chi connectivity index (χ1n) is 9.85. The van der Waals surface area contributed by atoms with E-state index >= 15 is 0 Å². The molecular formula is C24H28IN3O2S. The van der Waals surface area contributed by atoms with Gasteiger partial charge in [0, 0.05) is 18.5 Å². The highest BCUT2D eigenvalue weighted by Gasteiger charge is 2.06. The van der Waals surface area contributed by atoms with Gasteiger partial charge < -0.3 is 10.6 Å². The van der Waals surface area contributed by atoms with Crippen LogP contribution in [0.1, 0.15) is 16.7 Å². The van der Waals surface area contributed by atoms with Gasteiger partial charge >= 0.3 is 0 Å². The molecular weight excluding hydrogens is 521 g/mol. The summed E-state index contributed by atoms with van der Waals surface area (Å²) in [5.74, 6) is 0.703. The van der Waals surface area contributed by atoms with Crippen molar-refractivity contribution in [1.29, 1.82) is 0 Å². The van der Waals surface area contributed by atoms with Gasteiger partial charge in [0.15, 0.2) is 15.8 Å². The van der Waals surface area contributed by atoms with Crippen LogP contribution in [0.5, 0.6) is 0 Å². The number of rotatable bonds is 7. The molecule has 7 heteroatoms. The van der Waals surface area contributed by atoms with Gasteiger partial charge in [-0.05, 0) is 48.7 Å². The van der Waals surface area contributed by atoms with Crippen LogP contribution < -0.4 is 10.6 Å². The summed E-state index contributed by atoms with van der Waals surface area (Å²) < 4.78 is 23.2. The number of aliphatic imine (C=N–C) groups is 1. The summed E-state index contributed by atoms with van der Waals surface area (Å²) in [4.78, 5) is 5.05. The van der Waals surface area contributed by atoms with Crippen molar-refractivity contribution in [1.82, 2.24) is 5.32 Å². The smallest absolute Gasteiger partial charge is 0.196 e. The molecule has 0 bridgehead atoms. The molecule has 3 aromatic carbocycles. The highest BCUT2D eigenvalue weighted by atomic mass is 127. The molecule has 0 atom stereocenters. The number of guanidine groups is 1. The summed E-state index contributed by atoms with van der Waals surface area (Å²) in [6.07, 6.45) is 1.97. The van der Waals surface area contributed by atoms with Crippen LogP contribution in [0.15, 0.2) is 88.8 Å². The van der Waals surface area contributed by atoms with Crippen LogP contribution in [0.3, 0.4) is 0 Å². The molecule has 0 saturated carbocycles. The minimum absolute atomic E-state index is 0. The van der Waals surface area contributed by atoms with Crippen LogP contribution in [0.4, 0.5) is 5.69 Å². The van der Waals surface area contributed by atoms with Gasteiger partial charge in [0.1, 0.15) is 0 Å². The topological polar surface area (TPSA) is 70.6 Å². The molecule has 0 unspecified atom stereocenters. The minimum atomic E-state index is -3.17. The Morgan fingerprint density at radius 1 is 0.871 bits per heavy atom. The molecule has 31 heavy (non-hydrogen) atoms. The molecule has 0 radical (unpaired) electrons. The molecule has 0 saturated heterocycles. The van der Waals surface area contributed by atoms with Gasteiger partial charge in [0.2, 0.25) is 0 Å². The highest BCUT2D eigenvalue weighted by Crippen LogP contribution is 2.11. The zero-order valence-corrected chi connectivity index (χ0v) is 20.9. The van der Waals surface area contributed by atoms with Gasteiger partial charge in [-0.2, -0.15) is 0 Å². The fraction of sp³-hybridized carbons (Fsp3) is 0.208. The predicted octanol–water partition coefficient (Wildman–Crippen LogP) is 4.82. The Bertz CT molecular complexity index is 1080. The maximum absolute atomic E-state index is 11.6. The number of anilines is 1. The van der Waals surface area contributed by atoms with E-state index in [0.717, 1.165) is 23.2 Å². The van der Waals surface area contributed by atoms with Gasteiger partial charge in [-0.1, -0.05) is 60.2 Å². The zero-order chi connectivity index (χ0) is 21.4. The molecule has 0 aromatic heterocycles. The van der Waals surface area contributed by atoms with Crippen LogP contribution in [0.2, 0.25) is 0 Å². The number of sulfone groups is 1. The van der Waals surface area contributed by atoms with Gasteiger partial charge in [-0.25, -0.2) is 13.4 Å². The molecule has 0 aliphatic carbocycles. The van der Waals surface area contributed by atoms with Crippen LogP contribution in [-0.4, -0.2) is 27.2 Å². The molecule has 2 N–H and O–H groups in total. The van der Waals surface area contributed by atoms with Crippen molar-refractivity contribution >= 4 is 45.5 Å². The average Bonchev–Trinajstić information content (AvgIpc) is 2.73. The molecule has 0 fully saturated rings. The van der Waals surface area contributed by atoms with Crippen molar-refractivity contribution in [3.63, 3.8) is 0 Å². The van der Waals surface area contributed by atoms with E-state index in [0.29, 0.717) is 23.9 Å². The lowest BCUT2D eigenvalue weighted by Crippen LogP contribution is -2.32. The van der Waals surface area contributed by atoms with E-state index in [1.165, 1.54) is 11.8 Å². The van der Waals surface area contributed by atoms with E-state index in [-0.39, 0.29) is 24.0 Å². The van der Waals surface area contributed by atoms with E-state index in [1.807, 2.05) is 42.5 Å². The largest absolute Gasteiger partial charge is 0.356 e. The molecule has 3 rings (SSSR count). The second-order valence-electron chi connectivity index (χ2n) is 7.23. The van der Waals surface area contributed by atoms with Crippen molar-refractivity contribution in [2.75, 3.05) is 18.1 Å². The number of hydrogen-bond donors (Lipinski definition) is 2. The van der Waals surface area contributed by atoms with Crippen LogP contribution in [0, 0.1) is 6.92 Å². The monoisotopic (exact) mass is 549 g/mol. The van der Waals surface area contributed by atoms with Gasteiger partial charge in [0.05, 0.1) is 11.4 Å². The van der Waals surface area contributed by atoms with Crippen molar-refractivity contribution in [3.8, 4) is 0 Å². The standard InChI is InChI=1S/C24H27N3O2S.HI/c1-19-8-10-21(11-9-19)18-26-24(27-22-6-4-3-5-7-22)25-17-16-20-12-14-23(15-13-20)30(2,28)29;/h3-15H,16-18H2,1-2H3,(H2,25,26,27);1H. The number of nitrogens with zero attached hydrogens (tertiary/aromatic N) is 1. The highest BCUT2D eigenvalue weighted by molar-refractivity contribution is 14.0. The van der Waals surface area contributed by atoms with Crippen LogP contribution >= 0.6 is 24.0 Å². The van der Waals surface area contributed by atoms with E-state index in [2.05, 4.69) is 41.8 Å². The Morgan fingerprint density at radius 2 is 1.48 bits per heavy atom. The molecule has 0 aliphatic heterocycles. The fourth-order valence-corrected chi connectivity index (χ4v) is 3.52. The molecule has 0 amide bonds. The second-order valence-corrected chi connectivity index (χ2v) is 9.25. The van der Waals surface area contributed by atoms with E-state index in [4.69, 9.17) is 4.99 Å². The average molecular weight is 549 g/mol. The number of benzene rings is 3. The summed E-state index contributed by atoms with van der Waals surface area (Å²) >= 11 is 0. The van der Waals surface area contributed by atoms with E-state index in [1.54, 1.807) is 12.1 Å². The molecule has 3 aromatic rings. The molecule has 0 spiro atoms. The summed E-state index contributed by atoms with van der Waals surface area (Å²) in [5, 5.41) is 6.70. The summed E-state index contributed by atoms with van der Waals surface area (Å²) in [6.45, 7) is 3.32. The van der Waals surface area contributed by atoms with Crippen LogP contribution in [-0.2, 0) is 22.8 Å². The minimum Gasteiger partial charge on any atom is -0.356 e. The lowest BCUT2D eigenvalue weighted by atomic mass is 10.1. The maximum atomic E-state index is 11.6. The SMILES string of the molecule is Cc1ccc(CN=C(NCCc2ccc(S(C)(=O)=O)cc2)Nc2ccccc2)cc1.I. The van der Waals surface area contributed by atoms with E-state index in [9.17, 15) is 8.42 Å². The maximum Gasteiger partial charge on any atom is 0.196 e. The Hall–Kier alpha value is -2.39. The molecule has 5 nitrogen and oxygen atoms in total. The van der Waals surface area contributed by atoms with Gasteiger partial charge in [-0.3, -0.25) is 0 Å². The first-order valence-corrected chi connectivity index (χ1v) is 11.7. The molecule has 0 aliphatic rings. The van der Waals surface area contributed by atoms with E-state index < -0.39 is 9.84 Å². The third-order valence-electron chi connectivity index (χ3n) is 4.63. The molecule has 164 valence electrons. The number of nitrogens with one attached hydrogen (secondary N) is 2. The Morgan fingerprint density at radius 3 is 2.10 bits per heavy atom. The Labute approximate surface area is 201 Å². The third kappa shape index (κ3) is 8.34. The van der Waals surface area contributed by atoms with Gasteiger partial charge in [-0.15, -0.1) is 24.0 Å².